The first-order valence-corrected chi connectivity index (χ1v) is 9.03. The van der Waals surface area contributed by atoms with Crippen molar-refractivity contribution < 1.29 is 9.47 Å². The fraction of sp³-hybridized carbons (Fsp3) is 0.474. The molecule has 3 rings (SSSR count). The topological polar surface area (TPSA) is 94.9 Å². The Morgan fingerprint density at radius 3 is 2.81 bits per heavy atom. The van der Waals surface area contributed by atoms with Crippen molar-refractivity contribution in [3.63, 3.8) is 0 Å². The van der Waals surface area contributed by atoms with Crippen LogP contribution in [0.3, 0.4) is 0 Å². The van der Waals surface area contributed by atoms with Gasteiger partial charge in [0.1, 0.15) is 11.3 Å². The number of hydrogen-bond acceptors (Lipinski definition) is 6. The first-order chi connectivity index (χ1) is 12.9. The Morgan fingerprint density at radius 1 is 1.33 bits per heavy atom. The summed E-state index contributed by atoms with van der Waals surface area (Å²) in [4.78, 5) is 24.5. The highest BCUT2D eigenvalue weighted by atomic mass is 16.5. The van der Waals surface area contributed by atoms with E-state index in [1.54, 1.807) is 18.0 Å². The quantitative estimate of drug-likeness (QED) is 0.685. The van der Waals surface area contributed by atoms with Gasteiger partial charge in [0.15, 0.2) is 5.52 Å². The van der Waals surface area contributed by atoms with Gasteiger partial charge in [-0.1, -0.05) is 6.92 Å². The number of nitrogens with one attached hydrogen (secondary N) is 1. The summed E-state index contributed by atoms with van der Waals surface area (Å²) in [5.41, 5.74) is 3.20. The molecule has 8 nitrogen and oxygen atoms in total. The van der Waals surface area contributed by atoms with Crippen molar-refractivity contribution in [1.29, 1.82) is 0 Å². The second-order valence-corrected chi connectivity index (χ2v) is 6.61. The third-order valence-electron chi connectivity index (χ3n) is 4.43. The third-order valence-corrected chi connectivity index (χ3v) is 4.43. The molecule has 0 bridgehead atoms. The van der Waals surface area contributed by atoms with Gasteiger partial charge in [-0.25, -0.2) is 9.97 Å². The van der Waals surface area contributed by atoms with E-state index in [4.69, 9.17) is 9.47 Å². The summed E-state index contributed by atoms with van der Waals surface area (Å²) in [7, 11) is 3.48. The van der Waals surface area contributed by atoms with Crippen molar-refractivity contribution in [3.05, 3.63) is 33.9 Å². The highest BCUT2D eigenvalue weighted by molar-refractivity contribution is 5.79. The number of methoxy groups -OCH3 is 1. The molecule has 0 aromatic carbocycles. The molecule has 0 radical (unpaired) electrons. The lowest BCUT2D eigenvalue weighted by Crippen LogP contribution is -2.16. The lowest BCUT2D eigenvalue weighted by molar-refractivity contribution is 0.132. The molecule has 27 heavy (non-hydrogen) atoms. The molecule has 0 saturated carbocycles. The molecule has 3 aromatic heterocycles. The molecule has 0 aliphatic rings. The molecular formula is C19H25N5O3. The van der Waals surface area contributed by atoms with Crippen LogP contribution < -0.4 is 10.3 Å². The molecule has 1 atom stereocenters. The maximum absolute atomic E-state index is 12.6. The smallest absolute Gasteiger partial charge is 0.279 e. The number of rotatable bonds is 7. The van der Waals surface area contributed by atoms with Gasteiger partial charge in [-0.15, -0.1) is 0 Å². The van der Waals surface area contributed by atoms with Gasteiger partial charge in [-0.3, -0.25) is 9.48 Å². The Bertz CT molecular complexity index is 1010. The van der Waals surface area contributed by atoms with Gasteiger partial charge in [0.25, 0.3) is 5.56 Å². The molecule has 0 spiro atoms. The molecule has 3 aromatic rings. The molecule has 1 N–H and O–H groups in total. The lowest BCUT2D eigenvalue weighted by Gasteiger charge is -2.16. The van der Waals surface area contributed by atoms with Crippen LogP contribution in [0.4, 0.5) is 0 Å². The van der Waals surface area contributed by atoms with Gasteiger partial charge in [0.05, 0.1) is 17.4 Å². The van der Waals surface area contributed by atoms with E-state index < -0.39 is 0 Å². The predicted octanol–water partition coefficient (Wildman–Crippen LogP) is 2.39. The molecule has 0 saturated heterocycles. The predicted molar refractivity (Wildman–Crippen MR) is 103 cm³/mol. The van der Waals surface area contributed by atoms with E-state index in [0.29, 0.717) is 34.9 Å². The summed E-state index contributed by atoms with van der Waals surface area (Å²) in [5, 5.41) is 4.29. The maximum Gasteiger partial charge on any atom is 0.279 e. The lowest BCUT2D eigenvalue weighted by atomic mass is 10.2. The number of nitrogens with zero attached hydrogens (tertiary/aromatic N) is 4. The van der Waals surface area contributed by atoms with E-state index in [0.717, 1.165) is 24.1 Å². The van der Waals surface area contributed by atoms with Crippen LogP contribution in [-0.2, 0) is 18.2 Å². The standard InChI is InChI=1S/C19H25N5O3/c1-6-14-15-16(23-24(14)4)18(25)22-17(21-15)13-9-11(2)10-20-19(13)27-12(3)7-8-26-5/h9-10,12H,6-8H2,1-5H3,(H,21,22,25). The van der Waals surface area contributed by atoms with E-state index in [2.05, 4.69) is 20.1 Å². The molecule has 0 amide bonds. The van der Waals surface area contributed by atoms with Crippen molar-refractivity contribution in [2.75, 3.05) is 13.7 Å². The van der Waals surface area contributed by atoms with Crippen LogP contribution >= 0.6 is 0 Å². The molecule has 3 heterocycles. The summed E-state index contributed by atoms with van der Waals surface area (Å²) in [6.07, 6.45) is 3.11. The minimum absolute atomic E-state index is 0.0843. The highest BCUT2D eigenvalue weighted by Gasteiger charge is 2.18. The van der Waals surface area contributed by atoms with Crippen LogP contribution in [0.1, 0.15) is 31.5 Å². The van der Waals surface area contributed by atoms with E-state index in [9.17, 15) is 4.79 Å². The third kappa shape index (κ3) is 3.85. The number of ether oxygens (including phenoxy) is 2. The Balaban J connectivity index is 2.10. The fourth-order valence-corrected chi connectivity index (χ4v) is 3.00. The second kappa shape index (κ2) is 7.87. The van der Waals surface area contributed by atoms with Gasteiger partial charge in [-0.05, 0) is 31.9 Å². The van der Waals surface area contributed by atoms with Gasteiger partial charge in [-0.2, -0.15) is 5.10 Å². The molecule has 0 aliphatic carbocycles. The van der Waals surface area contributed by atoms with Crippen molar-refractivity contribution in [1.82, 2.24) is 24.7 Å². The molecule has 0 aliphatic heterocycles. The minimum Gasteiger partial charge on any atom is -0.474 e. The van der Waals surface area contributed by atoms with E-state index in [1.165, 1.54) is 0 Å². The summed E-state index contributed by atoms with van der Waals surface area (Å²) in [6, 6.07) is 1.91. The van der Waals surface area contributed by atoms with Gasteiger partial charge in [0.2, 0.25) is 5.88 Å². The fourth-order valence-electron chi connectivity index (χ4n) is 3.00. The zero-order valence-electron chi connectivity index (χ0n) is 16.4. The Hall–Kier alpha value is -2.74. The average molecular weight is 371 g/mol. The van der Waals surface area contributed by atoms with Crippen LogP contribution in [-0.4, -0.2) is 44.6 Å². The van der Waals surface area contributed by atoms with Gasteiger partial charge in [0, 0.05) is 33.4 Å². The molecule has 8 heteroatoms. The number of H-pyrrole nitrogens is 1. The Labute approximate surface area is 157 Å². The summed E-state index contributed by atoms with van der Waals surface area (Å²) in [5.74, 6) is 0.869. The summed E-state index contributed by atoms with van der Waals surface area (Å²) < 4.78 is 12.8. The molecule has 1 unspecified atom stereocenters. The van der Waals surface area contributed by atoms with E-state index in [-0.39, 0.29) is 11.7 Å². The van der Waals surface area contributed by atoms with Crippen LogP contribution in [0.25, 0.3) is 22.4 Å². The number of hydrogen-bond donors (Lipinski definition) is 1. The van der Waals surface area contributed by atoms with E-state index >= 15 is 0 Å². The molecule has 144 valence electrons. The van der Waals surface area contributed by atoms with Crippen LogP contribution in [0.5, 0.6) is 5.88 Å². The second-order valence-electron chi connectivity index (χ2n) is 6.61. The Kier molecular flexibility index (Phi) is 5.55. The summed E-state index contributed by atoms with van der Waals surface area (Å²) in [6.45, 7) is 6.50. The van der Waals surface area contributed by atoms with Crippen molar-refractivity contribution in [3.8, 4) is 17.3 Å². The number of aryl methyl sites for hydroxylation is 3. The number of fused-ring (bicyclic) bond motifs is 1. The largest absolute Gasteiger partial charge is 0.474 e. The minimum atomic E-state index is -0.273. The van der Waals surface area contributed by atoms with Crippen molar-refractivity contribution >= 4 is 11.0 Å². The highest BCUT2D eigenvalue weighted by Crippen LogP contribution is 2.28. The Morgan fingerprint density at radius 2 is 2.11 bits per heavy atom. The first kappa shape index (κ1) is 19.0. The van der Waals surface area contributed by atoms with Crippen molar-refractivity contribution in [2.45, 2.75) is 39.7 Å². The zero-order valence-corrected chi connectivity index (χ0v) is 16.4. The van der Waals surface area contributed by atoms with Crippen molar-refractivity contribution in [2.24, 2.45) is 7.05 Å². The summed E-state index contributed by atoms with van der Waals surface area (Å²) >= 11 is 0. The normalized spacial score (nSPS) is 12.5. The number of pyridine rings is 1. The molecule has 0 fully saturated rings. The monoisotopic (exact) mass is 371 g/mol. The van der Waals surface area contributed by atoms with Crippen LogP contribution in [0.15, 0.2) is 17.1 Å². The molecular weight excluding hydrogens is 346 g/mol. The maximum atomic E-state index is 12.6. The van der Waals surface area contributed by atoms with Crippen LogP contribution in [0, 0.1) is 6.92 Å². The van der Waals surface area contributed by atoms with Gasteiger partial charge < -0.3 is 14.5 Å². The van der Waals surface area contributed by atoms with E-state index in [1.807, 2.05) is 33.9 Å². The number of aromatic nitrogens is 5. The average Bonchev–Trinajstić information content (AvgIpc) is 2.97. The number of aromatic amines is 1. The van der Waals surface area contributed by atoms with Crippen LogP contribution in [0.2, 0.25) is 0 Å². The first-order valence-electron chi connectivity index (χ1n) is 9.03. The van der Waals surface area contributed by atoms with Gasteiger partial charge >= 0.3 is 0 Å². The zero-order chi connectivity index (χ0) is 19.6. The SMILES string of the molecule is CCc1c2nc(-c3cc(C)cnc3OC(C)CCOC)[nH]c(=O)c2nn1C.